The first-order valence-corrected chi connectivity index (χ1v) is 13.2. The largest absolute Gasteiger partial charge is 0.444 e. The van der Waals surface area contributed by atoms with Crippen LogP contribution in [0.4, 0.5) is 13.6 Å². The third kappa shape index (κ3) is 7.47. The molecule has 3 rings (SSSR count). The first kappa shape index (κ1) is 27.5. The van der Waals surface area contributed by atoms with E-state index in [9.17, 15) is 26.8 Å². The fourth-order valence-electron chi connectivity index (χ4n) is 3.92. The number of aryl methyl sites for hydroxylation is 1. The number of sulfonamides is 1. The van der Waals surface area contributed by atoms with Gasteiger partial charge in [-0.2, -0.15) is 0 Å². The smallest absolute Gasteiger partial charge is 0.410 e. The van der Waals surface area contributed by atoms with Crippen LogP contribution in [-0.2, 0) is 14.8 Å². The maximum Gasteiger partial charge on any atom is 0.410 e. The van der Waals surface area contributed by atoms with E-state index in [0.29, 0.717) is 37.1 Å². The molecule has 0 atom stereocenters. The molecule has 1 fully saturated rings. The molecule has 36 heavy (non-hydrogen) atoms. The number of nitrogens with zero attached hydrogens (tertiary/aromatic N) is 1. The molecule has 0 bridgehead atoms. The molecule has 1 aliphatic rings. The van der Waals surface area contributed by atoms with E-state index in [1.807, 2.05) is 4.83 Å². The Bertz CT molecular complexity index is 1240. The second-order valence-electron chi connectivity index (χ2n) is 9.91. The van der Waals surface area contributed by atoms with Crippen molar-refractivity contribution in [1.82, 2.24) is 15.2 Å². The number of benzene rings is 2. The lowest BCUT2D eigenvalue weighted by molar-refractivity contribution is 0.0190. The zero-order valence-corrected chi connectivity index (χ0v) is 21.5. The van der Waals surface area contributed by atoms with E-state index < -0.39 is 39.3 Å². The molecule has 2 aromatic rings. The van der Waals surface area contributed by atoms with Crippen molar-refractivity contribution < 1.29 is 31.5 Å². The number of rotatable bonds is 6. The normalized spacial score (nSPS) is 15.0. The zero-order chi connectivity index (χ0) is 26.7. The third-order valence-corrected chi connectivity index (χ3v) is 7.02. The summed E-state index contributed by atoms with van der Waals surface area (Å²) in [6.07, 6.45) is 0.474. The molecule has 0 spiro atoms. The summed E-state index contributed by atoms with van der Waals surface area (Å²) in [6, 6.07) is 8.36. The lowest BCUT2D eigenvalue weighted by atomic mass is 9.99. The van der Waals surface area contributed by atoms with Crippen LogP contribution in [0.1, 0.15) is 49.5 Å². The summed E-state index contributed by atoms with van der Waals surface area (Å²) in [7, 11) is -3.93. The topological polar surface area (TPSA) is 105 Å². The van der Waals surface area contributed by atoms with Gasteiger partial charge in [0.25, 0.3) is 5.91 Å². The SMILES string of the molecule is Cc1cc(-c2cccc(F)c2)cc(C(=O)NNS(=O)(=O)CC2CCN(C(=O)OC(C)(C)C)CC2)c1F. The van der Waals surface area contributed by atoms with Gasteiger partial charge in [-0.1, -0.05) is 12.1 Å². The van der Waals surface area contributed by atoms with Crippen LogP contribution in [-0.4, -0.2) is 49.8 Å². The van der Waals surface area contributed by atoms with Crippen molar-refractivity contribution in [2.24, 2.45) is 5.92 Å². The molecule has 1 heterocycles. The number of likely N-dealkylation sites (tertiary alicyclic amines) is 1. The van der Waals surface area contributed by atoms with Crippen molar-refractivity contribution in [3.05, 3.63) is 59.2 Å². The predicted molar refractivity (Wildman–Crippen MR) is 131 cm³/mol. The van der Waals surface area contributed by atoms with Gasteiger partial charge in [-0.3, -0.25) is 10.2 Å². The Morgan fingerprint density at radius 2 is 1.75 bits per heavy atom. The first-order chi connectivity index (χ1) is 16.7. The Morgan fingerprint density at radius 3 is 2.36 bits per heavy atom. The van der Waals surface area contributed by atoms with Gasteiger partial charge in [0.05, 0.1) is 11.3 Å². The highest BCUT2D eigenvalue weighted by Gasteiger charge is 2.29. The van der Waals surface area contributed by atoms with E-state index in [2.05, 4.69) is 5.43 Å². The summed E-state index contributed by atoms with van der Waals surface area (Å²) in [5.41, 5.74) is 2.09. The zero-order valence-electron chi connectivity index (χ0n) is 20.7. The lowest BCUT2D eigenvalue weighted by Crippen LogP contribution is -2.46. The van der Waals surface area contributed by atoms with E-state index in [4.69, 9.17) is 4.74 Å². The van der Waals surface area contributed by atoms with Gasteiger partial charge >= 0.3 is 6.09 Å². The van der Waals surface area contributed by atoms with Crippen LogP contribution >= 0.6 is 0 Å². The van der Waals surface area contributed by atoms with Gasteiger partial charge in [-0.05, 0) is 87.4 Å². The van der Waals surface area contributed by atoms with Gasteiger partial charge in [0, 0.05) is 13.1 Å². The first-order valence-electron chi connectivity index (χ1n) is 11.6. The van der Waals surface area contributed by atoms with Crippen LogP contribution in [0, 0.1) is 24.5 Å². The van der Waals surface area contributed by atoms with Gasteiger partial charge in [0.15, 0.2) is 0 Å². The summed E-state index contributed by atoms with van der Waals surface area (Å²) < 4.78 is 58.7. The highest BCUT2D eigenvalue weighted by molar-refractivity contribution is 7.89. The van der Waals surface area contributed by atoms with Gasteiger partial charge in [-0.15, -0.1) is 4.83 Å². The monoisotopic (exact) mass is 523 g/mol. The molecule has 1 saturated heterocycles. The minimum Gasteiger partial charge on any atom is -0.444 e. The number of piperidine rings is 1. The maximum absolute atomic E-state index is 14.7. The summed E-state index contributed by atoms with van der Waals surface area (Å²) in [5, 5.41) is 0. The van der Waals surface area contributed by atoms with Crippen LogP contribution in [0.15, 0.2) is 36.4 Å². The standard InChI is InChI=1S/C25H31F2N3O5S/c1-16-12-19(18-6-5-7-20(26)13-18)14-21(22(16)27)23(31)28-29-36(33,34)15-17-8-10-30(11-9-17)24(32)35-25(2,3)4/h5-7,12-14,17,29H,8-11,15H2,1-4H3,(H,28,31). The number of carbonyl (C=O) groups is 2. The van der Waals surface area contributed by atoms with Crippen molar-refractivity contribution in [2.75, 3.05) is 18.8 Å². The van der Waals surface area contributed by atoms with Crippen LogP contribution in [0.25, 0.3) is 11.1 Å². The number of carbonyl (C=O) groups excluding carboxylic acids is 2. The Kier molecular flexibility index (Phi) is 8.35. The number of halogens is 2. The molecule has 0 unspecified atom stereocenters. The van der Waals surface area contributed by atoms with Crippen molar-refractivity contribution in [2.45, 2.75) is 46.1 Å². The molecule has 2 aromatic carbocycles. The Morgan fingerprint density at radius 1 is 1.08 bits per heavy atom. The van der Waals surface area contributed by atoms with E-state index in [1.165, 1.54) is 37.3 Å². The molecule has 0 aliphatic carbocycles. The molecule has 196 valence electrons. The summed E-state index contributed by atoms with van der Waals surface area (Å²) in [5.74, 6) is -2.75. The maximum atomic E-state index is 14.7. The highest BCUT2D eigenvalue weighted by Crippen LogP contribution is 2.26. The minimum atomic E-state index is -3.93. The van der Waals surface area contributed by atoms with Crippen LogP contribution in [0.2, 0.25) is 0 Å². The average Bonchev–Trinajstić information content (AvgIpc) is 2.78. The van der Waals surface area contributed by atoms with Gasteiger partial charge in [0.2, 0.25) is 10.0 Å². The Hall–Kier alpha value is -3.05. The van der Waals surface area contributed by atoms with Crippen molar-refractivity contribution in [3.8, 4) is 11.1 Å². The minimum absolute atomic E-state index is 0.154. The van der Waals surface area contributed by atoms with Crippen LogP contribution in [0.3, 0.4) is 0 Å². The number of nitrogens with one attached hydrogen (secondary N) is 2. The second-order valence-corrected chi connectivity index (χ2v) is 11.7. The molecular formula is C25H31F2N3O5S. The number of amides is 2. The molecule has 8 nitrogen and oxygen atoms in total. The Labute approximate surface area is 210 Å². The fraction of sp³-hybridized carbons (Fsp3) is 0.440. The number of ether oxygens (including phenoxy) is 1. The number of hydrogen-bond donors (Lipinski definition) is 2. The van der Waals surface area contributed by atoms with Crippen molar-refractivity contribution in [1.29, 1.82) is 0 Å². The number of hydrazine groups is 1. The molecule has 11 heteroatoms. The fourth-order valence-corrected chi connectivity index (χ4v) is 5.21. The van der Waals surface area contributed by atoms with E-state index in [0.717, 1.165) is 0 Å². The second kappa shape index (κ2) is 10.9. The average molecular weight is 524 g/mol. The molecule has 2 N–H and O–H groups in total. The van der Waals surface area contributed by atoms with Gasteiger partial charge in [0.1, 0.15) is 17.2 Å². The summed E-state index contributed by atoms with van der Waals surface area (Å²) >= 11 is 0. The lowest BCUT2D eigenvalue weighted by Gasteiger charge is -2.33. The molecule has 0 saturated carbocycles. The van der Waals surface area contributed by atoms with E-state index in [-0.39, 0.29) is 22.8 Å². The van der Waals surface area contributed by atoms with Crippen LogP contribution in [0.5, 0.6) is 0 Å². The van der Waals surface area contributed by atoms with Gasteiger partial charge < -0.3 is 9.64 Å². The number of hydrogen-bond acceptors (Lipinski definition) is 5. The van der Waals surface area contributed by atoms with E-state index in [1.54, 1.807) is 31.7 Å². The molecule has 0 radical (unpaired) electrons. The van der Waals surface area contributed by atoms with Gasteiger partial charge in [-0.25, -0.2) is 22.0 Å². The third-order valence-electron chi connectivity index (χ3n) is 5.70. The highest BCUT2D eigenvalue weighted by atomic mass is 32.2. The van der Waals surface area contributed by atoms with E-state index >= 15 is 0 Å². The molecule has 1 aliphatic heterocycles. The van der Waals surface area contributed by atoms with Crippen LogP contribution < -0.4 is 10.3 Å². The summed E-state index contributed by atoms with van der Waals surface area (Å²) in [4.78, 5) is 28.4. The molecule has 2 amide bonds. The Balaban J connectivity index is 1.59. The predicted octanol–water partition coefficient (Wildman–Crippen LogP) is 4.15. The summed E-state index contributed by atoms with van der Waals surface area (Å²) in [6.45, 7) is 7.50. The quantitative estimate of drug-likeness (QED) is 0.554. The van der Waals surface area contributed by atoms with Crippen molar-refractivity contribution >= 4 is 22.0 Å². The van der Waals surface area contributed by atoms with Crippen molar-refractivity contribution in [3.63, 3.8) is 0 Å². The molecular weight excluding hydrogens is 492 g/mol. The molecule has 0 aromatic heterocycles.